The van der Waals surface area contributed by atoms with Crippen LogP contribution in [0.25, 0.3) is 0 Å². The van der Waals surface area contributed by atoms with E-state index in [9.17, 15) is 9.59 Å². The van der Waals surface area contributed by atoms with Crippen molar-refractivity contribution in [3.8, 4) is 0 Å². The molecule has 1 unspecified atom stereocenters. The van der Waals surface area contributed by atoms with E-state index in [-0.39, 0.29) is 34.7 Å². The standard InChI is InChI=1S/C17H18N2O2.Cu/c1-13(19-12-15-7-3-5-9-17(15)21)10-18-11-14-6-2-4-8-16(14)20;/h2-9,11-13,18-19H,10H2,1H3;/b14-11-,15-12-;/i;1+3. The molecule has 2 aliphatic carbocycles. The van der Waals surface area contributed by atoms with E-state index in [1.165, 1.54) is 12.2 Å². The molecule has 0 saturated carbocycles. The second kappa shape index (κ2) is 9.03. The maximum absolute atomic E-state index is 11.5. The van der Waals surface area contributed by atoms with Crippen LogP contribution in [0, 0.1) is 0 Å². The molecular weight excluding hydrogens is 331 g/mol. The monoisotopic (exact) mass is 349 g/mol. The average Bonchev–Trinajstić information content (AvgIpc) is 2.48. The number of allylic oxidation sites excluding steroid dienone is 10. The Morgan fingerprint density at radius 3 is 1.95 bits per heavy atom. The minimum Gasteiger partial charge on any atom is -0.388 e. The molecule has 2 aliphatic rings. The summed E-state index contributed by atoms with van der Waals surface area (Å²) in [6, 6.07) is 0.125. The first kappa shape index (κ1) is 17.9. The van der Waals surface area contributed by atoms with Crippen molar-refractivity contribution in [3.63, 3.8) is 0 Å². The van der Waals surface area contributed by atoms with Crippen LogP contribution in [-0.4, -0.2) is 24.2 Å². The van der Waals surface area contributed by atoms with Gasteiger partial charge in [-0.2, -0.15) is 0 Å². The molecule has 0 saturated heterocycles. The van der Waals surface area contributed by atoms with Gasteiger partial charge in [0, 0.05) is 53.2 Å². The van der Waals surface area contributed by atoms with Crippen LogP contribution in [0.5, 0.6) is 0 Å². The molecule has 0 fully saturated rings. The van der Waals surface area contributed by atoms with Crippen molar-refractivity contribution in [2.24, 2.45) is 0 Å². The summed E-state index contributed by atoms with van der Waals surface area (Å²) in [4.78, 5) is 23.1. The SMILES string of the molecule is CC(CN/C=C1/C=CC=CC1=O)N/C=C1/C=CC=CC1=O.[67Cu]. The van der Waals surface area contributed by atoms with Crippen molar-refractivity contribution < 1.29 is 26.7 Å². The van der Waals surface area contributed by atoms with Crippen molar-refractivity contribution in [1.82, 2.24) is 10.6 Å². The topological polar surface area (TPSA) is 58.2 Å². The molecule has 0 spiro atoms. The van der Waals surface area contributed by atoms with Crippen LogP contribution in [-0.2, 0) is 26.7 Å². The van der Waals surface area contributed by atoms with Crippen molar-refractivity contribution in [2.75, 3.05) is 6.54 Å². The fraction of sp³-hybridized carbons (Fsp3) is 0.176. The van der Waals surface area contributed by atoms with Crippen molar-refractivity contribution >= 4 is 11.6 Å². The number of ketones is 2. The summed E-state index contributed by atoms with van der Waals surface area (Å²) < 4.78 is 0. The molecule has 2 N–H and O–H groups in total. The maximum atomic E-state index is 11.5. The van der Waals surface area contributed by atoms with Crippen LogP contribution in [0.1, 0.15) is 6.92 Å². The van der Waals surface area contributed by atoms with E-state index in [2.05, 4.69) is 10.6 Å². The van der Waals surface area contributed by atoms with Crippen molar-refractivity contribution in [2.45, 2.75) is 13.0 Å². The Kier molecular flexibility index (Phi) is 7.37. The molecule has 119 valence electrons. The van der Waals surface area contributed by atoms with Gasteiger partial charge in [0.25, 0.3) is 0 Å². The van der Waals surface area contributed by atoms with Crippen LogP contribution in [0.3, 0.4) is 0 Å². The number of carbonyl (C=O) groups excluding carboxylic acids is 2. The molecule has 0 aromatic heterocycles. The summed E-state index contributed by atoms with van der Waals surface area (Å²) >= 11 is 0. The van der Waals surface area contributed by atoms with Crippen LogP contribution in [0.15, 0.2) is 72.2 Å². The summed E-state index contributed by atoms with van der Waals surface area (Å²) in [5.74, 6) is -0.00513. The first-order valence-corrected chi connectivity index (χ1v) is 6.85. The average molecular weight is 349 g/mol. The van der Waals surface area contributed by atoms with E-state index in [4.69, 9.17) is 0 Å². The molecule has 2 rings (SSSR count). The smallest absolute Gasteiger partial charge is 0.187 e. The normalized spacial score (nSPS) is 21.1. The Hall–Kier alpha value is -2.10. The van der Waals surface area contributed by atoms with E-state index in [0.717, 1.165) is 0 Å². The van der Waals surface area contributed by atoms with Gasteiger partial charge in [0.15, 0.2) is 11.6 Å². The zero-order valence-electron chi connectivity index (χ0n) is 12.2. The van der Waals surface area contributed by atoms with Gasteiger partial charge in [0.1, 0.15) is 0 Å². The van der Waals surface area contributed by atoms with Gasteiger partial charge < -0.3 is 10.6 Å². The van der Waals surface area contributed by atoms with Crippen LogP contribution >= 0.6 is 0 Å². The second-order valence-electron chi connectivity index (χ2n) is 4.84. The molecular formula is C17H18CuN2O2. The van der Waals surface area contributed by atoms with Gasteiger partial charge in [0.2, 0.25) is 0 Å². The zero-order valence-corrected chi connectivity index (χ0v) is 13.1. The molecule has 22 heavy (non-hydrogen) atoms. The molecule has 0 aromatic rings. The Morgan fingerprint density at radius 2 is 1.41 bits per heavy atom. The maximum Gasteiger partial charge on any atom is 0.187 e. The second-order valence-corrected chi connectivity index (χ2v) is 4.84. The molecule has 0 aliphatic heterocycles. The molecule has 5 heteroatoms. The molecule has 4 nitrogen and oxygen atoms in total. The third-order valence-electron chi connectivity index (χ3n) is 3.04. The van der Waals surface area contributed by atoms with E-state index >= 15 is 0 Å². The molecule has 0 heterocycles. The molecule has 0 bridgehead atoms. The van der Waals surface area contributed by atoms with Crippen LogP contribution in [0.4, 0.5) is 0 Å². The summed E-state index contributed by atoms with van der Waals surface area (Å²) in [6.45, 7) is 2.64. The minimum atomic E-state index is -0.00277. The van der Waals surface area contributed by atoms with Crippen molar-refractivity contribution in [3.05, 3.63) is 72.2 Å². The molecule has 1 radical (unpaired) electrons. The fourth-order valence-electron chi connectivity index (χ4n) is 1.84. The van der Waals surface area contributed by atoms with E-state index in [1.807, 2.05) is 19.1 Å². The fourth-order valence-corrected chi connectivity index (χ4v) is 1.84. The molecule has 0 amide bonds. The summed E-state index contributed by atoms with van der Waals surface area (Å²) in [5, 5.41) is 6.26. The number of hydrogen-bond donors (Lipinski definition) is 2. The zero-order chi connectivity index (χ0) is 15.1. The quantitative estimate of drug-likeness (QED) is 0.586. The summed E-state index contributed by atoms with van der Waals surface area (Å²) in [5.41, 5.74) is 1.27. The Bertz CT molecular complexity index is 610. The van der Waals surface area contributed by atoms with Gasteiger partial charge in [0.05, 0.1) is 0 Å². The predicted octanol–water partition coefficient (Wildman–Crippen LogP) is 1.71. The Labute approximate surface area is 140 Å². The van der Waals surface area contributed by atoms with Crippen LogP contribution < -0.4 is 10.6 Å². The van der Waals surface area contributed by atoms with Gasteiger partial charge >= 0.3 is 0 Å². The van der Waals surface area contributed by atoms with Crippen LogP contribution in [0.2, 0.25) is 0 Å². The molecule has 0 aromatic carbocycles. The number of hydrogen-bond acceptors (Lipinski definition) is 4. The summed E-state index contributed by atoms with van der Waals surface area (Å²) in [6.07, 6.45) is 17.1. The molecule has 1 atom stereocenters. The number of rotatable bonds is 5. The number of carbonyl (C=O) groups is 2. The first-order chi connectivity index (χ1) is 10.2. The van der Waals surface area contributed by atoms with E-state index in [1.54, 1.807) is 36.7 Å². The summed E-state index contributed by atoms with van der Waals surface area (Å²) in [7, 11) is 0. The minimum absolute atomic E-state index is 0. The van der Waals surface area contributed by atoms with Gasteiger partial charge in [-0.25, -0.2) is 0 Å². The third kappa shape index (κ3) is 5.35. The van der Waals surface area contributed by atoms with Gasteiger partial charge in [-0.05, 0) is 31.2 Å². The van der Waals surface area contributed by atoms with E-state index in [0.29, 0.717) is 17.7 Å². The number of nitrogens with one attached hydrogen (secondary N) is 2. The van der Waals surface area contributed by atoms with Gasteiger partial charge in [-0.1, -0.05) is 24.3 Å². The van der Waals surface area contributed by atoms with Crippen molar-refractivity contribution in [1.29, 1.82) is 0 Å². The van der Waals surface area contributed by atoms with Gasteiger partial charge in [-0.3, -0.25) is 9.59 Å². The largest absolute Gasteiger partial charge is 0.388 e. The Balaban J connectivity index is 0.00000242. The third-order valence-corrected chi connectivity index (χ3v) is 3.04. The first-order valence-electron chi connectivity index (χ1n) is 6.85. The Morgan fingerprint density at radius 1 is 0.909 bits per heavy atom. The van der Waals surface area contributed by atoms with E-state index < -0.39 is 0 Å². The van der Waals surface area contributed by atoms with Gasteiger partial charge in [-0.15, -0.1) is 0 Å². The predicted molar refractivity (Wildman–Crippen MR) is 83.3 cm³/mol.